The van der Waals surface area contributed by atoms with E-state index in [4.69, 9.17) is 19.2 Å². The first-order valence-electron chi connectivity index (χ1n) is 13.6. The van der Waals surface area contributed by atoms with Crippen molar-refractivity contribution < 1.29 is 19.0 Å². The summed E-state index contributed by atoms with van der Waals surface area (Å²) in [5, 5.41) is 3.44. The van der Waals surface area contributed by atoms with Crippen molar-refractivity contribution in [3.8, 4) is 17.4 Å². The summed E-state index contributed by atoms with van der Waals surface area (Å²) in [6, 6.07) is 7.11. The van der Waals surface area contributed by atoms with E-state index < -0.39 is 5.60 Å². The lowest BCUT2D eigenvalue weighted by atomic mass is 10.1. The van der Waals surface area contributed by atoms with Crippen molar-refractivity contribution in [1.29, 1.82) is 0 Å². The van der Waals surface area contributed by atoms with Crippen LogP contribution in [0.25, 0.3) is 16.9 Å². The second-order valence-corrected chi connectivity index (χ2v) is 10.8. The minimum atomic E-state index is -0.544. The second kappa shape index (κ2) is 11.9. The molecule has 4 aromatic heterocycles. The number of hydrogen-bond acceptors (Lipinski definition) is 10. The number of nitrogens with zero attached hydrogens (tertiary/aromatic N) is 7. The van der Waals surface area contributed by atoms with Crippen LogP contribution in [0.5, 0.6) is 11.6 Å². The molecule has 1 N–H and O–H groups in total. The number of ether oxygens (including phenoxy) is 3. The standard InChI is InChI=1S/C29H34N8O5/c1-6-12-36-26(38)22-18-31-27(32-19-15-21(40-5)17-30-16-19)34-25(22)37(36)23-8-7-9-24(33-23)41-20-10-13-35(14-11-20)28(39)42-29(2,3)4/h6-9,15-18,20H,1,10-14H2,2-5H3,(H,31,32,34). The monoisotopic (exact) mass is 574 g/mol. The average Bonchev–Trinajstić information content (AvgIpc) is 3.23. The number of hydrogen-bond donors (Lipinski definition) is 1. The summed E-state index contributed by atoms with van der Waals surface area (Å²) < 4.78 is 20.1. The summed E-state index contributed by atoms with van der Waals surface area (Å²) >= 11 is 0. The summed E-state index contributed by atoms with van der Waals surface area (Å²) in [4.78, 5) is 45.3. The van der Waals surface area contributed by atoms with Crippen LogP contribution in [0.3, 0.4) is 0 Å². The Kier molecular flexibility index (Phi) is 8.09. The van der Waals surface area contributed by atoms with Crippen LogP contribution in [-0.2, 0) is 11.3 Å². The number of pyridine rings is 2. The fourth-order valence-electron chi connectivity index (χ4n) is 4.58. The molecular weight excluding hydrogens is 540 g/mol. The first-order chi connectivity index (χ1) is 20.1. The lowest BCUT2D eigenvalue weighted by molar-refractivity contribution is 0.0123. The van der Waals surface area contributed by atoms with E-state index >= 15 is 0 Å². The SMILES string of the molecule is C=CCn1c(=O)c2cnc(Nc3cncc(OC)c3)nc2n1-c1cccc(OC2CCN(C(=O)OC(C)(C)C)CC2)n1. The molecule has 0 aliphatic carbocycles. The molecule has 0 spiro atoms. The van der Waals surface area contributed by atoms with Gasteiger partial charge in [0, 0.05) is 44.3 Å². The third-order valence-corrected chi connectivity index (χ3v) is 6.49. The van der Waals surface area contributed by atoms with Crippen molar-refractivity contribution in [2.45, 2.75) is 51.9 Å². The molecule has 5 rings (SSSR count). The minimum Gasteiger partial charge on any atom is -0.495 e. The average molecular weight is 575 g/mol. The largest absolute Gasteiger partial charge is 0.495 e. The molecule has 13 heteroatoms. The van der Waals surface area contributed by atoms with E-state index in [9.17, 15) is 9.59 Å². The van der Waals surface area contributed by atoms with Gasteiger partial charge in [0.25, 0.3) is 5.56 Å². The van der Waals surface area contributed by atoms with Gasteiger partial charge in [-0.25, -0.2) is 19.1 Å². The number of nitrogens with one attached hydrogen (secondary N) is 1. The molecule has 0 bridgehead atoms. The molecule has 0 radical (unpaired) electrons. The lowest BCUT2D eigenvalue weighted by Gasteiger charge is -2.33. The molecule has 0 aromatic carbocycles. The summed E-state index contributed by atoms with van der Waals surface area (Å²) in [6.45, 7) is 10.6. The van der Waals surface area contributed by atoms with Crippen molar-refractivity contribution in [1.82, 2.24) is 34.2 Å². The molecule has 0 unspecified atom stereocenters. The number of aromatic nitrogens is 6. The smallest absolute Gasteiger partial charge is 0.410 e. The Labute approximate surface area is 242 Å². The summed E-state index contributed by atoms with van der Waals surface area (Å²) in [6.07, 6.45) is 7.15. The molecular formula is C29H34N8O5. The highest BCUT2D eigenvalue weighted by molar-refractivity contribution is 5.77. The fraction of sp³-hybridized carbons (Fsp3) is 0.379. The number of likely N-dealkylation sites (tertiary alicyclic amines) is 1. The zero-order valence-corrected chi connectivity index (χ0v) is 24.1. The van der Waals surface area contributed by atoms with Gasteiger partial charge in [-0.2, -0.15) is 9.97 Å². The van der Waals surface area contributed by atoms with Gasteiger partial charge in [0.15, 0.2) is 11.5 Å². The highest BCUT2D eigenvalue weighted by Crippen LogP contribution is 2.23. The maximum atomic E-state index is 13.3. The van der Waals surface area contributed by atoms with Crippen LogP contribution in [-0.4, -0.2) is 72.2 Å². The van der Waals surface area contributed by atoms with Gasteiger partial charge in [0.05, 0.1) is 31.7 Å². The van der Waals surface area contributed by atoms with E-state index in [-0.39, 0.29) is 30.2 Å². The quantitative estimate of drug-likeness (QED) is 0.306. The minimum absolute atomic E-state index is 0.127. The van der Waals surface area contributed by atoms with E-state index in [1.165, 1.54) is 10.9 Å². The molecule has 0 atom stereocenters. The van der Waals surface area contributed by atoms with E-state index in [1.54, 1.807) is 53.4 Å². The van der Waals surface area contributed by atoms with Gasteiger partial charge in [-0.3, -0.25) is 9.78 Å². The van der Waals surface area contributed by atoms with Gasteiger partial charge in [0.2, 0.25) is 11.8 Å². The van der Waals surface area contributed by atoms with Crippen molar-refractivity contribution in [2.24, 2.45) is 0 Å². The number of fused-ring (bicyclic) bond motifs is 1. The molecule has 1 amide bonds. The number of amides is 1. The molecule has 5 heterocycles. The number of allylic oxidation sites excluding steroid dienone is 1. The van der Waals surface area contributed by atoms with E-state index in [2.05, 4.69) is 26.8 Å². The number of carbonyl (C=O) groups is 1. The van der Waals surface area contributed by atoms with Gasteiger partial charge in [-0.15, -0.1) is 6.58 Å². The fourth-order valence-corrected chi connectivity index (χ4v) is 4.58. The number of methoxy groups -OCH3 is 1. The highest BCUT2D eigenvalue weighted by Gasteiger charge is 2.28. The Morgan fingerprint density at radius 1 is 1.17 bits per heavy atom. The van der Waals surface area contributed by atoms with E-state index in [0.29, 0.717) is 60.1 Å². The normalized spacial score (nSPS) is 14.0. The number of carbonyl (C=O) groups excluding carboxylic acids is 1. The Morgan fingerprint density at radius 2 is 1.95 bits per heavy atom. The predicted molar refractivity (Wildman–Crippen MR) is 157 cm³/mol. The molecule has 220 valence electrons. The van der Waals surface area contributed by atoms with Gasteiger partial charge in [0.1, 0.15) is 22.8 Å². The van der Waals surface area contributed by atoms with Crippen LogP contribution in [0.15, 0.2) is 60.3 Å². The van der Waals surface area contributed by atoms with Crippen LogP contribution < -0.4 is 20.3 Å². The maximum absolute atomic E-state index is 13.3. The maximum Gasteiger partial charge on any atom is 0.410 e. The van der Waals surface area contributed by atoms with E-state index in [1.807, 2.05) is 26.8 Å². The predicted octanol–water partition coefficient (Wildman–Crippen LogP) is 4.09. The number of rotatable bonds is 8. The van der Waals surface area contributed by atoms with Crippen LogP contribution in [0.4, 0.5) is 16.4 Å². The Bertz CT molecular complexity index is 1650. The molecule has 0 saturated carbocycles. The molecule has 1 saturated heterocycles. The summed E-state index contributed by atoms with van der Waals surface area (Å²) in [7, 11) is 1.56. The molecule has 1 fully saturated rings. The van der Waals surface area contributed by atoms with E-state index in [0.717, 1.165) is 0 Å². The highest BCUT2D eigenvalue weighted by atomic mass is 16.6. The molecule has 1 aliphatic heterocycles. The van der Waals surface area contributed by atoms with Crippen LogP contribution in [0.1, 0.15) is 33.6 Å². The second-order valence-electron chi connectivity index (χ2n) is 10.8. The third kappa shape index (κ3) is 6.35. The molecule has 1 aliphatic rings. The van der Waals surface area contributed by atoms with Gasteiger partial charge >= 0.3 is 6.09 Å². The lowest BCUT2D eigenvalue weighted by Crippen LogP contribution is -2.44. The van der Waals surface area contributed by atoms with Crippen molar-refractivity contribution in [2.75, 3.05) is 25.5 Å². The van der Waals surface area contributed by atoms with Crippen LogP contribution in [0.2, 0.25) is 0 Å². The van der Waals surface area contributed by atoms with Crippen LogP contribution >= 0.6 is 0 Å². The molecule has 42 heavy (non-hydrogen) atoms. The first-order valence-corrected chi connectivity index (χ1v) is 13.6. The summed E-state index contributed by atoms with van der Waals surface area (Å²) in [5.74, 6) is 1.69. The Balaban J connectivity index is 1.40. The Morgan fingerprint density at radius 3 is 2.67 bits per heavy atom. The first kappa shape index (κ1) is 28.6. The van der Waals surface area contributed by atoms with Crippen molar-refractivity contribution in [3.05, 3.63) is 65.9 Å². The van der Waals surface area contributed by atoms with Crippen LogP contribution in [0, 0.1) is 0 Å². The van der Waals surface area contributed by atoms with Crippen molar-refractivity contribution >= 4 is 28.8 Å². The Hall–Kier alpha value is -4.94. The van der Waals surface area contributed by atoms with Gasteiger partial charge < -0.3 is 24.4 Å². The zero-order chi connectivity index (χ0) is 29.9. The van der Waals surface area contributed by atoms with Gasteiger partial charge in [-0.1, -0.05) is 12.1 Å². The topological polar surface area (TPSA) is 139 Å². The number of anilines is 2. The molecule has 13 nitrogen and oxygen atoms in total. The van der Waals surface area contributed by atoms with Gasteiger partial charge in [-0.05, 0) is 26.8 Å². The number of piperidine rings is 1. The molecule has 4 aromatic rings. The van der Waals surface area contributed by atoms with Crippen molar-refractivity contribution in [3.63, 3.8) is 0 Å². The summed E-state index contributed by atoms with van der Waals surface area (Å²) in [5.41, 5.74) is 0.171. The third-order valence-electron chi connectivity index (χ3n) is 6.49. The zero-order valence-electron chi connectivity index (χ0n) is 24.1.